The number of carbonyl (C=O) groups excluding carboxylic acids is 1. The fraction of sp³-hybridized carbons (Fsp3) is 0.300. The van der Waals surface area contributed by atoms with Gasteiger partial charge in [-0.1, -0.05) is 51.1 Å². The second-order valence-corrected chi connectivity index (χ2v) is 12.0. The zero-order valence-electron chi connectivity index (χ0n) is 22.0. The number of anilines is 1. The van der Waals surface area contributed by atoms with Crippen molar-refractivity contribution in [1.29, 1.82) is 0 Å². The zero-order chi connectivity index (χ0) is 27.4. The average Bonchev–Trinajstić information content (AvgIpc) is 3.62. The van der Waals surface area contributed by atoms with E-state index in [0.717, 1.165) is 18.6 Å². The van der Waals surface area contributed by atoms with Gasteiger partial charge in [0, 0.05) is 23.3 Å². The molecule has 3 aromatic rings. The summed E-state index contributed by atoms with van der Waals surface area (Å²) in [4.78, 5) is 26.6. The Morgan fingerprint density at radius 2 is 1.79 bits per heavy atom. The van der Waals surface area contributed by atoms with Crippen LogP contribution >= 0.6 is 11.8 Å². The van der Waals surface area contributed by atoms with Crippen molar-refractivity contribution in [1.82, 2.24) is 0 Å². The van der Waals surface area contributed by atoms with Crippen molar-refractivity contribution in [3.05, 3.63) is 87.5 Å². The van der Waals surface area contributed by atoms with Gasteiger partial charge in [-0.3, -0.25) is 19.8 Å². The van der Waals surface area contributed by atoms with Crippen molar-refractivity contribution < 1.29 is 14.1 Å². The minimum Gasteiger partial charge on any atom is -0.456 e. The van der Waals surface area contributed by atoms with E-state index in [4.69, 9.17) is 9.52 Å². The topological polar surface area (TPSA) is 101 Å². The fourth-order valence-corrected chi connectivity index (χ4v) is 6.99. The van der Waals surface area contributed by atoms with E-state index < -0.39 is 4.92 Å². The first-order valence-electron chi connectivity index (χ1n) is 13.0. The number of nitro benzene ring substituents is 1. The third-order valence-electron chi connectivity index (χ3n) is 8.86. The van der Waals surface area contributed by atoms with E-state index in [1.165, 1.54) is 24.2 Å². The summed E-state index contributed by atoms with van der Waals surface area (Å²) >= 11 is 1.24. The molecule has 2 aromatic carbocycles. The smallest absolute Gasteiger partial charge is 0.280 e. The molecule has 1 aromatic heterocycles. The number of thioether (sulfide) groups is 1. The molecule has 2 aliphatic carbocycles. The van der Waals surface area contributed by atoms with E-state index in [1.54, 1.807) is 41.3 Å². The number of para-hydroxylation sites is 2. The molecule has 2 heterocycles. The molecule has 8 nitrogen and oxygen atoms in total. The SMILES string of the molecule is CC12CCC(C/C1=N\N=C1\S/C(=C\c3ccc(-c4ccccc4[N+](=O)[O-])o3)C(=O)N1c1ccccc1)C2(C)C. The number of amidine groups is 1. The van der Waals surface area contributed by atoms with Crippen LogP contribution in [-0.2, 0) is 4.79 Å². The molecule has 2 unspecified atom stereocenters. The van der Waals surface area contributed by atoms with Gasteiger partial charge >= 0.3 is 0 Å². The number of rotatable bonds is 5. The highest BCUT2D eigenvalue weighted by molar-refractivity contribution is 8.19. The predicted molar refractivity (Wildman–Crippen MR) is 154 cm³/mol. The predicted octanol–water partition coefficient (Wildman–Crippen LogP) is 7.53. The molecule has 9 heteroatoms. The summed E-state index contributed by atoms with van der Waals surface area (Å²) in [6, 6.07) is 19.2. The highest BCUT2D eigenvalue weighted by Crippen LogP contribution is 2.64. The van der Waals surface area contributed by atoms with Crippen molar-refractivity contribution >= 4 is 46.0 Å². The van der Waals surface area contributed by atoms with Gasteiger partial charge in [-0.15, -0.1) is 5.10 Å². The Balaban J connectivity index is 1.35. The van der Waals surface area contributed by atoms with Crippen LogP contribution in [0.4, 0.5) is 11.4 Å². The second-order valence-electron chi connectivity index (χ2n) is 11.0. The molecular weight excluding hydrogens is 512 g/mol. The summed E-state index contributed by atoms with van der Waals surface area (Å²) < 4.78 is 5.93. The molecule has 1 aliphatic heterocycles. The van der Waals surface area contributed by atoms with Crippen molar-refractivity contribution in [3.8, 4) is 11.3 Å². The molecular formula is C30H28N4O4S. The summed E-state index contributed by atoms with van der Waals surface area (Å²) in [6.07, 6.45) is 4.91. The van der Waals surface area contributed by atoms with Crippen LogP contribution in [0.25, 0.3) is 17.4 Å². The molecule has 198 valence electrons. The Hall–Kier alpha value is -3.98. The quantitative estimate of drug-likeness (QED) is 0.189. The van der Waals surface area contributed by atoms with E-state index in [0.29, 0.717) is 38.8 Å². The van der Waals surface area contributed by atoms with Gasteiger partial charge in [0.2, 0.25) is 5.17 Å². The maximum absolute atomic E-state index is 13.6. The van der Waals surface area contributed by atoms with Crippen LogP contribution in [0.3, 0.4) is 0 Å². The standard InChI is InChI=1S/C30H28N4O4S/c1-29(2)19-15-16-30(29,3)26(17-19)31-32-28-33(20-9-5-4-6-10-20)27(35)25(39-28)18-21-13-14-24(38-21)22-11-7-8-12-23(22)34(36)37/h4-14,18-19H,15-17H2,1-3H3/b25-18-,31-26+,32-28+. The van der Waals surface area contributed by atoms with Gasteiger partial charge in [0.1, 0.15) is 11.5 Å². The van der Waals surface area contributed by atoms with Crippen LogP contribution in [0, 0.1) is 26.9 Å². The van der Waals surface area contributed by atoms with Crippen molar-refractivity contribution in [2.24, 2.45) is 27.0 Å². The lowest BCUT2D eigenvalue weighted by atomic mass is 9.70. The van der Waals surface area contributed by atoms with Gasteiger partial charge < -0.3 is 4.42 Å². The molecule has 1 saturated heterocycles. The Labute approximate surface area is 230 Å². The van der Waals surface area contributed by atoms with Crippen LogP contribution in [0.1, 0.15) is 45.8 Å². The highest BCUT2D eigenvalue weighted by Gasteiger charge is 2.60. The van der Waals surface area contributed by atoms with Gasteiger partial charge in [-0.2, -0.15) is 5.10 Å². The summed E-state index contributed by atoms with van der Waals surface area (Å²) in [6.45, 7) is 6.94. The molecule has 3 fully saturated rings. The number of benzene rings is 2. The lowest BCUT2D eigenvalue weighted by Crippen LogP contribution is -2.32. The number of amides is 1. The Bertz CT molecular complexity index is 1570. The summed E-state index contributed by atoms with van der Waals surface area (Å²) in [5, 5.41) is 21.3. The average molecular weight is 541 g/mol. The Morgan fingerprint density at radius 1 is 1.05 bits per heavy atom. The van der Waals surface area contributed by atoms with Crippen LogP contribution in [0.15, 0.2) is 86.3 Å². The number of carbonyl (C=O) groups is 1. The summed E-state index contributed by atoms with van der Waals surface area (Å²) in [5.74, 6) is 1.15. The van der Waals surface area contributed by atoms with E-state index in [9.17, 15) is 14.9 Å². The van der Waals surface area contributed by atoms with Crippen molar-refractivity contribution in [2.45, 2.75) is 40.0 Å². The van der Waals surface area contributed by atoms with Gasteiger partial charge in [0.05, 0.1) is 21.1 Å². The Morgan fingerprint density at radius 3 is 2.49 bits per heavy atom. The van der Waals surface area contributed by atoms with Crippen LogP contribution in [0.2, 0.25) is 0 Å². The van der Waals surface area contributed by atoms with Crippen molar-refractivity contribution in [2.75, 3.05) is 4.90 Å². The van der Waals surface area contributed by atoms with Crippen LogP contribution in [-0.4, -0.2) is 21.7 Å². The molecule has 2 atom stereocenters. The largest absolute Gasteiger partial charge is 0.456 e. The van der Waals surface area contributed by atoms with Gasteiger partial charge in [-0.25, -0.2) is 0 Å². The number of nitrogens with zero attached hydrogens (tertiary/aromatic N) is 4. The number of furan rings is 1. The zero-order valence-corrected chi connectivity index (χ0v) is 22.8. The minimum atomic E-state index is -0.438. The molecule has 2 bridgehead atoms. The molecule has 3 aliphatic rings. The molecule has 0 radical (unpaired) electrons. The third-order valence-corrected chi connectivity index (χ3v) is 9.81. The lowest BCUT2D eigenvalue weighted by molar-refractivity contribution is -0.384. The van der Waals surface area contributed by atoms with Gasteiger partial charge in [-0.05, 0) is 72.7 Å². The number of nitro groups is 1. The monoisotopic (exact) mass is 540 g/mol. The molecule has 6 rings (SSSR count). The van der Waals surface area contributed by atoms with Crippen LogP contribution in [0.5, 0.6) is 0 Å². The normalized spacial score (nSPS) is 26.8. The highest BCUT2D eigenvalue weighted by atomic mass is 32.2. The summed E-state index contributed by atoms with van der Waals surface area (Å²) in [5.41, 5.74) is 2.34. The summed E-state index contributed by atoms with van der Waals surface area (Å²) in [7, 11) is 0. The molecule has 2 saturated carbocycles. The second kappa shape index (κ2) is 9.34. The Kier molecular flexibility index (Phi) is 6.06. The first-order chi connectivity index (χ1) is 18.7. The lowest BCUT2D eigenvalue weighted by Gasteiger charge is -2.34. The molecule has 0 spiro atoms. The first kappa shape index (κ1) is 25.3. The first-order valence-corrected chi connectivity index (χ1v) is 13.8. The maximum atomic E-state index is 13.6. The fourth-order valence-electron chi connectivity index (χ4n) is 6.07. The number of hydrogen-bond acceptors (Lipinski definition) is 7. The third kappa shape index (κ3) is 4.12. The van der Waals surface area contributed by atoms with Gasteiger partial charge in [0.25, 0.3) is 11.6 Å². The van der Waals surface area contributed by atoms with Crippen molar-refractivity contribution in [3.63, 3.8) is 0 Å². The minimum absolute atomic E-state index is 0.00979. The maximum Gasteiger partial charge on any atom is 0.280 e. The van der Waals surface area contributed by atoms with E-state index in [1.807, 2.05) is 30.3 Å². The van der Waals surface area contributed by atoms with E-state index in [2.05, 4.69) is 25.9 Å². The van der Waals surface area contributed by atoms with Gasteiger partial charge in [0.15, 0.2) is 0 Å². The number of fused-ring (bicyclic) bond motifs is 2. The molecule has 0 N–H and O–H groups in total. The van der Waals surface area contributed by atoms with E-state index >= 15 is 0 Å². The molecule has 1 amide bonds. The number of hydrogen-bond donors (Lipinski definition) is 0. The van der Waals surface area contributed by atoms with Crippen LogP contribution < -0.4 is 4.90 Å². The molecule has 39 heavy (non-hydrogen) atoms. The van der Waals surface area contributed by atoms with E-state index in [-0.39, 0.29) is 22.4 Å².